The largest absolute Gasteiger partial charge is 0.496 e. The van der Waals surface area contributed by atoms with E-state index in [9.17, 15) is 22.8 Å². The first-order valence-corrected chi connectivity index (χ1v) is 9.48. The maximum absolute atomic E-state index is 14.6. The molecule has 0 atom stereocenters. The van der Waals surface area contributed by atoms with Crippen LogP contribution in [-0.4, -0.2) is 30.1 Å². The number of carbonyl (C=O) groups is 2. The second-order valence-electron chi connectivity index (χ2n) is 7.08. The number of primary amides is 1. The van der Waals surface area contributed by atoms with Crippen LogP contribution in [0.3, 0.4) is 0 Å². The monoisotopic (exact) mass is 446 g/mol. The lowest BCUT2D eigenvalue weighted by Gasteiger charge is -2.14. The van der Waals surface area contributed by atoms with Crippen molar-refractivity contribution < 1.29 is 32.2 Å². The summed E-state index contributed by atoms with van der Waals surface area (Å²) in [6.45, 7) is 0. The molecule has 0 spiro atoms. The van der Waals surface area contributed by atoms with Gasteiger partial charge in [-0.1, -0.05) is 0 Å². The Hall–Kier alpha value is -4.02. The van der Waals surface area contributed by atoms with Gasteiger partial charge in [0, 0.05) is 29.8 Å². The van der Waals surface area contributed by atoms with Crippen LogP contribution in [0.25, 0.3) is 10.9 Å². The number of benzene rings is 2. The van der Waals surface area contributed by atoms with Crippen molar-refractivity contribution in [2.24, 2.45) is 5.73 Å². The Morgan fingerprint density at radius 1 is 1.12 bits per heavy atom. The van der Waals surface area contributed by atoms with Crippen molar-refractivity contribution in [1.29, 1.82) is 0 Å². The van der Waals surface area contributed by atoms with E-state index in [0.29, 0.717) is 6.07 Å². The average molecular weight is 446 g/mol. The van der Waals surface area contributed by atoms with Gasteiger partial charge in [0.25, 0.3) is 5.91 Å². The highest BCUT2D eigenvalue weighted by atomic mass is 19.2. The lowest BCUT2D eigenvalue weighted by atomic mass is 10.1. The number of ether oxygens (including phenoxy) is 2. The molecule has 1 fully saturated rings. The highest BCUT2D eigenvalue weighted by molar-refractivity contribution is 6.01. The molecule has 8 nitrogen and oxygen atoms in total. The zero-order valence-electron chi connectivity index (χ0n) is 16.7. The summed E-state index contributed by atoms with van der Waals surface area (Å²) in [6.07, 6.45) is 2.87. The van der Waals surface area contributed by atoms with E-state index in [0.717, 1.165) is 12.8 Å². The number of methoxy groups -OCH3 is 1. The maximum Gasteiger partial charge on any atom is 0.319 e. The molecule has 1 aromatic heterocycles. The third kappa shape index (κ3) is 4.09. The summed E-state index contributed by atoms with van der Waals surface area (Å²) in [5.74, 6) is -6.17. The van der Waals surface area contributed by atoms with E-state index in [-0.39, 0.29) is 34.0 Å². The zero-order valence-corrected chi connectivity index (χ0v) is 16.7. The van der Waals surface area contributed by atoms with Crippen molar-refractivity contribution in [2.75, 3.05) is 12.4 Å². The summed E-state index contributed by atoms with van der Waals surface area (Å²) in [7, 11) is 1.34. The molecule has 3 aromatic rings. The molecule has 4 rings (SSSR count). The fourth-order valence-electron chi connectivity index (χ4n) is 3.04. The van der Waals surface area contributed by atoms with Gasteiger partial charge in [0.1, 0.15) is 11.5 Å². The van der Waals surface area contributed by atoms with Gasteiger partial charge in [-0.15, -0.1) is 0 Å². The number of hydrogen-bond acceptors (Lipinski definition) is 5. The van der Waals surface area contributed by atoms with E-state index in [1.807, 2.05) is 0 Å². The zero-order chi connectivity index (χ0) is 23.0. The lowest BCUT2D eigenvalue weighted by molar-refractivity contribution is 0.0997. The van der Waals surface area contributed by atoms with Crippen LogP contribution in [0.5, 0.6) is 17.2 Å². The van der Waals surface area contributed by atoms with Crippen molar-refractivity contribution >= 4 is 28.5 Å². The summed E-state index contributed by atoms with van der Waals surface area (Å²) < 4.78 is 54.2. The van der Waals surface area contributed by atoms with Crippen molar-refractivity contribution in [1.82, 2.24) is 10.3 Å². The molecule has 166 valence electrons. The first kappa shape index (κ1) is 21.2. The van der Waals surface area contributed by atoms with Gasteiger partial charge in [-0.05, 0) is 25.0 Å². The van der Waals surface area contributed by atoms with Crippen LogP contribution in [0, 0.1) is 17.5 Å². The molecular formula is C21H17F3N4O4. The van der Waals surface area contributed by atoms with Crippen molar-refractivity contribution in [2.45, 2.75) is 18.9 Å². The van der Waals surface area contributed by atoms with Crippen LogP contribution < -0.4 is 25.8 Å². The smallest absolute Gasteiger partial charge is 0.319 e. The molecule has 1 aliphatic rings. The summed E-state index contributed by atoms with van der Waals surface area (Å²) in [6, 6.07) is 3.79. The fraction of sp³-hybridized carbons (Fsp3) is 0.190. The third-order valence-electron chi connectivity index (χ3n) is 4.78. The third-order valence-corrected chi connectivity index (χ3v) is 4.78. The quantitative estimate of drug-likeness (QED) is 0.498. The number of urea groups is 1. The summed E-state index contributed by atoms with van der Waals surface area (Å²) >= 11 is 0. The van der Waals surface area contributed by atoms with Crippen LogP contribution in [0.15, 0.2) is 30.5 Å². The Labute approximate surface area is 179 Å². The second kappa shape index (κ2) is 8.25. The number of carbonyl (C=O) groups excluding carboxylic acids is 2. The molecule has 0 aliphatic heterocycles. The second-order valence-corrected chi connectivity index (χ2v) is 7.08. The Morgan fingerprint density at radius 2 is 1.88 bits per heavy atom. The lowest BCUT2D eigenvalue weighted by Crippen LogP contribution is -2.30. The van der Waals surface area contributed by atoms with E-state index in [2.05, 4.69) is 15.6 Å². The number of pyridine rings is 1. The van der Waals surface area contributed by atoms with Gasteiger partial charge < -0.3 is 25.8 Å². The van der Waals surface area contributed by atoms with Gasteiger partial charge in [0.2, 0.25) is 11.6 Å². The van der Waals surface area contributed by atoms with Crippen molar-refractivity contribution in [3.05, 3.63) is 53.5 Å². The predicted octanol–water partition coefficient (Wildman–Crippen LogP) is 3.84. The minimum Gasteiger partial charge on any atom is -0.496 e. The van der Waals surface area contributed by atoms with Crippen LogP contribution in [-0.2, 0) is 0 Å². The Morgan fingerprint density at radius 3 is 2.53 bits per heavy atom. The molecule has 1 saturated carbocycles. The van der Waals surface area contributed by atoms with E-state index >= 15 is 0 Å². The number of fused-ring (bicyclic) bond motifs is 1. The van der Waals surface area contributed by atoms with E-state index in [1.54, 1.807) is 0 Å². The SMILES string of the molecule is COc1cc2nccc(Oc3c(F)cc(NC(=O)NC4CC4)c(F)c3F)c2cc1C(N)=O. The van der Waals surface area contributed by atoms with E-state index in [4.69, 9.17) is 15.2 Å². The molecule has 2 aromatic carbocycles. The Bertz CT molecular complexity index is 1250. The molecule has 0 saturated heterocycles. The van der Waals surface area contributed by atoms with Crippen molar-refractivity contribution in [3.8, 4) is 17.2 Å². The van der Waals surface area contributed by atoms with Gasteiger partial charge in [0.05, 0.1) is 23.9 Å². The van der Waals surface area contributed by atoms with Crippen molar-refractivity contribution in [3.63, 3.8) is 0 Å². The number of nitrogens with one attached hydrogen (secondary N) is 2. The number of amides is 3. The number of hydrogen-bond donors (Lipinski definition) is 3. The number of aromatic nitrogens is 1. The Kier molecular flexibility index (Phi) is 5.47. The molecule has 0 bridgehead atoms. The molecule has 32 heavy (non-hydrogen) atoms. The first-order chi connectivity index (χ1) is 15.3. The highest BCUT2D eigenvalue weighted by Gasteiger charge is 2.26. The molecule has 1 heterocycles. The summed E-state index contributed by atoms with van der Waals surface area (Å²) in [5, 5.41) is 4.79. The van der Waals surface area contributed by atoms with Crippen LogP contribution in [0.1, 0.15) is 23.2 Å². The van der Waals surface area contributed by atoms with Crippen LogP contribution in [0.4, 0.5) is 23.7 Å². The topological polar surface area (TPSA) is 116 Å². The number of halogens is 3. The standard InChI is InChI=1S/C21H17F3N4O4/c1-31-16-8-13-10(6-11(16)20(25)29)15(4-5-26-13)32-19-12(22)7-14(17(23)18(19)24)28-21(30)27-9-2-3-9/h4-9H,2-3H2,1H3,(H2,25,29)(H2,27,28,30). The minimum absolute atomic E-state index is 0.00815. The molecule has 3 amide bonds. The summed E-state index contributed by atoms with van der Waals surface area (Å²) in [4.78, 5) is 27.6. The molecule has 0 radical (unpaired) electrons. The van der Waals surface area contributed by atoms with E-state index in [1.165, 1.54) is 31.5 Å². The normalized spacial score (nSPS) is 13.0. The number of anilines is 1. The number of nitrogens with zero attached hydrogens (tertiary/aromatic N) is 1. The predicted molar refractivity (Wildman–Crippen MR) is 108 cm³/mol. The van der Waals surface area contributed by atoms with Gasteiger partial charge in [0.15, 0.2) is 11.6 Å². The molecule has 4 N–H and O–H groups in total. The average Bonchev–Trinajstić information content (AvgIpc) is 3.57. The number of rotatable bonds is 6. The van der Waals surface area contributed by atoms with E-state index < -0.39 is 40.8 Å². The summed E-state index contributed by atoms with van der Waals surface area (Å²) in [5.41, 5.74) is 4.95. The molecule has 11 heteroatoms. The number of nitrogens with two attached hydrogens (primary N) is 1. The minimum atomic E-state index is -1.64. The Balaban J connectivity index is 1.70. The highest BCUT2D eigenvalue weighted by Crippen LogP contribution is 2.37. The fourth-order valence-corrected chi connectivity index (χ4v) is 3.04. The molecule has 0 unspecified atom stereocenters. The molecular weight excluding hydrogens is 429 g/mol. The van der Waals surface area contributed by atoms with Gasteiger partial charge in [-0.25, -0.2) is 13.6 Å². The van der Waals surface area contributed by atoms with Crippen LogP contribution >= 0.6 is 0 Å². The van der Waals surface area contributed by atoms with Gasteiger partial charge >= 0.3 is 6.03 Å². The maximum atomic E-state index is 14.6. The first-order valence-electron chi connectivity index (χ1n) is 9.48. The van der Waals surface area contributed by atoms with Gasteiger partial charge in [-0.3, -0.25) is 9.78 Å². The van der Waals surface area contributed by atoms with Gasteiger partial charge in [-0.2, -0.15) is 4.39 Å². The molecule has 1 aliphatic carbocycles. The van der Waals surface area contributed by atoms with Crippen LogP contribution in [0.2, 0.25) is 0 Å².